The number of hydrogen-bond donors (Lipinski definition) is 7. The van der Waals surface area contributed by atoms with Gasteiger partial charge in [0.2, 0.25) is 0 Å². The zero-order valence-corrected chi connectivity index (χ0v) is 18.6. The van der Waals surface area contributed by atoms with E-state index in [2.05, 4.69) is 19.8 Å². The van der Waals surface area contributed by atoms with Crippen LogP contribution >= 0.6 is 7.82 Å². The Bertz CT molecular complexity index is 1190. The number of nitrogens with two attached hydrogens (primary N) is 2. The van der Waals surface area contributed by atoms with E-state index in [9.17, 15) is 14.5 Å². The molecule has 2 aromatic rings. The van der Waals surface area contributed by atoms with Crippen molar-refractivity contribution < 1.29 is 43.2 Å². The number of guanidine groups is 1. The number of ether oxygens (including phenoxy) is 3. The van der Waals surface area contributed by atoms with Gasteiger partial charge < -0.3 is 34.4 Å². The average Bonchev–Trinajstić information content (AvgIpc) is 3.13. The molecule has 1 aromatic heterocycles. The molecule has 0 spiro atoms. The summed E-state index contributed by atoms with van der Waals surface area (Å²) in [5, 5.41) is 13.2. The summed E-state index contributed by atoms with van der Waals surface area (Å²) < 4.78 is 33.6. The van der Waals surface area contributed by atoms with Gasteiger partial charge in [0, 0.05) is 6.42 Å². The number of aromatic nitrogens is 2. The van der Waals surface area contributed by atoms with E-state index in [0.29, 0.717) is 23.7 Å². The molecule has 0 bridgehead atoms. The Morgan fingerprint density at radius 3 is 2.88 bits per heavy atom. The molecule has 0 amide bonds. The van der Waals surface area contributed by atoms with Gasteiger partial charge in [0.05, 0.1) is 25.5 Å². The Morgan fingerprint density at radius 2 is 2.15 bits per heavy atom. The molecule has 0 aliphatic carbocycles. The van der Waals surface area contributed by atoms with E-state index in [1.807, 2.05) is 0 Å². The molecular formula is C18H24N6O9P+. The third-order valence-corrected chi connectivity index (χ3v) is 5.46. The van der Waals surface area contributed by atoms with E-state index in [1.165, 1.54) is 6.20 Å². The predicted octanol–water partition coefficient (Wildman–Crippen LogP) is -2.42. The SMILES string of the molecule is NC(N)=[NH+]CCOc1cccc2c1Nc1nc(=O)n(C3CC(O)C(COP(=O)(O)O)O3)cc1O2. The first-order valence-electron chi connectivity index (χ1n) is 10.1. The van der Waals surface area contributed by atoms with Crippen LogP contribution in [0.4, 0.5) is 11.5 Å². The molecule has 1 saturated heterocycles. The number of benzene rings is 1. The van der Waals surface area contributed by atoms with Crippen LogP contribution in [0.25, 0.3) is 0 Å². The Morgan fingerprint density at radius 1 is 1.35 bits per heavy atom. The Balaban J connectivity index is 1.50. The van der Waals surface area contributed by atoms with Gasteiger partial charge in [-0.2, -0.15) is 4.98 Å². The van der Waals surface area contributed by atoms with Gasteiger partial charge in [-0.05, 0) is 12.1 Å². The van der Waals surface area contributed by atoms with E-state index < -0.39 is 38.6 Å². The topological polar surface area (TPSA) is 228 Å². The molecular weight excluding hydrogens is 475 g/mol. The minimum atomic E-state index is -4.74. The second-order valence-corrected chi connectivity index (χ2v) is 8.69. The first-order valence-corrected chi connectivity index (χ1v) is 11.6. The van der Waals surface area contributed by atoms with Crippen LogP contribution in [0, 0.1) is 0 Å². The summed E-state index contributed by atoms with van der Waals surface area (Å²) in [5.74, 6) is 1.34. The largest absolute Gasteiger partial charge is 0.488 e. The summed E-state index contributed by atoms with van der Waals surface area (Å²) in [6.07, 6.45) is -1.73. The molecule has 3 atom stereocenters. The molecule has 0 saturated carbocycles. The number of phosphoric acid groups is 1. The van der Waals surface area contributed by atoms with Gasteiger partial charge in [-0.15, -0.1) is 0 Å². The van der Waals surface area contributed by atoms with Gasteiger partial charge in [-0.1, -0.05) is 6.07 Å². The Hall–Kier alpha value is -3.20. The van der Waals surface area contributed by atoms with Crippen molar-refractivity contribution in [1.29, 1.82) is 0 Å². The minimum Gasteiger partial charge on any atom is -0.488 e. The molecule has 1 aromatic carbocycles. The third-order valence-electron chi connectivity index (χ3n) is 4.98. The summed E-state index contributed by atoms with van der Waals surface area (Å²) >= 11 is 0. The molecule has 4 rings (SSSR count). The number of anilines is 2. The average molecular weight is 499 g/mol. The number of para-hydroxylation sites is 1. The number of nitrogens with zero attached hydrogens (tertiary/aromatic N) is 2. The normalized spacial score (nSPS) is 21.1. The van der Waals surface area contributed by atoms with Crippen molar-refractivity contribution in [3.63, 3.8) is 0 Å². The summed E-state index contributed by atoms with van der Waals surface area (Å²) in [5.41, 5.74) is 10.5. The van der Waals surface area contributed by atoms with Crippen LogP contribution in [0.3, 0.4) is 0 Å². The highest BCUT2D eigenvalue weighted by atomic mass is 31.2. The molecule has 184 valence electrons. The van der Waals surface area contributed by atoms with Crippen molar-refractivity contribution in [2.75, 3.05) is 25.1 Å². The van der Waals surface area contributed by atoms with Crippen LogP contribution in [0.15, 0.2) is 29.2 Å². The van der Waals surface area contributed by atoms with Gasteiger partial charge in [0.25, 0.3) is 0 Å². The lowest BCUT2D eigenvalue weighted by atomic mass is 10.2. The van der Waals surface area contributed by atoms with Crippen molar-refractivity contribution in [2.24, 2.45) is 11.5 Å². The molecule has 3 unspecified atom stereocenters. The van der Waals surface area contributed by atoms with Crippen molar-refractivity contribution in [3.05, 3.63) is 34.9 Å². The molecule has 16 heteroatoms. The smallest absolute Gasteiger partial charge is 0.469 e. The first kappa shape index (κ1) is 23.9. The highest BCUT2D eigenvalue weighted by Crippen LogP contribution is 2.45. The molecule has 15 nitrogen and oxygen atoms in total. The van der Waals surface area contributed by atoms with Crippen LogP contribution < -0.4 is 36.9 Å². The quantitative estimate of drug-likeness (QED) is 0.0742. The van der Waals surface area contributed by atoms with E-state index >= 15 is 0 Å². The summed E-state index contributed by atoms with van der Waals surface area (Å²) in [6.45, 7) is 0.0840. The number of phosphoric ester groups is 1. The fourth-order valence-corrected chi connectivity index (χ4v) is 3.80. The van der Waals surface area contributed by atoms with Crippen LogP contribution in [0.5, 0.6) is 17.2 Å². The molecule has 2 aliphatic heterocycles. The number of nitrogens with one attached hydrogen (secondary N) is 2. The van der Waals surface area contributed by atoms with Gasteiger partial charge in [-0.3, -0.25) is 25.6 Å². The van der Waals surface area contributed by atoms with E-state index in [4.69, 9.17) is 35.5 Å². The number of aliphatic hydroxyl groups excluding tert-OH is 1. The van der Waals surface area contributed by atoms with Crippen LogP contribution in [0.1, 0.15) is 12.6 Å². The maximum atomic E-state index is 12.7. The highest BCUT2D eigenvalue weighted by Gasteiger charge is 2.37. The summed E-state index contributed by atoms with van der Waals surface area (Å²) in [7, 11) is -4.74. The van der Waals surface area contributed by atoms with Crippen molar-refractivity contribution in [1.82, 2.24) is 9.55 Å². The van der Waals surface area contributed by atoms with Crippen LogP contribution in [-0.2, 0) is 13.8 Å². The zero-order valence-electron chi connectivity index (χ0n) is 17.7. The molecule has 2 aliphatic rings. The lowest BCUT2D eigenvalue weighted by Gasteiger charge is -2.24. The second kappa shape index (κ2) is 9.58. The minimum absolute atomic E-state index is 0.0175. The van der Waals surface area contributed by atoms with E-state index in [-0.39, 0.29) is 30.6 Å². The van der Waals surface area contributed by atoms with Crippen molar-refractivity contribution in [3.8, 4) is 17.2 Å². The fraction of sp³-hybridized carbons (Fsp3) is 0.389. The van der Waals surface area contributed by atoms with Crippen molar-refractivity contribution in [2.45, 2.75) is 24.9 Å². The molecule has 34 heavy (non-hydrogen) atoms. The summed E-state index contributed by atoms with van der Waals surface area (Å²) in [4.78, 5) is 37.1. The molecule has 9 N–H and O–H groups in total. The molecule has 1 fully saturated rings. The predicted molar refractivity (Wildman–Crippen MR) is 116 cm³/mol. The fourth-order valence-electron chi connectivity index (χ4n) is 3.46. The number of fused-ring (bicyclic) bond motifs is 2. The van der Waals surface area contributed by atoms with Crippen LogP contribution in [-0.4, -0.2) is 62.4 Å². The van der Waals surface area contributed by atoms with Crippen molar-refractivity contribution >= 4 is 25.3 Å². The van der Waals surface area contributed by atoms with Crippen LogP contribution in [0.2, 0.25) is 0 Å². The second-order valence-electron chi connectivity index (χ2n) is 7.45. The molecule has 3 heterocycles. The lowest BCUT2D eigenvalue weighted by molar-refractivity contribution is -0.461. The maximum absolute atomic E-state index is 12.7. The molecule has 0 radical (unpaired) electrons. The number of aliphatic hydroxyl groups is 1. The Labute approximate surface area is 192 Å². The Kier molecular flexibility index (Phi) is 6.74. The highest BCUT2D eigenvalue weighted by molar-refractivity contribution is 7.46. The van der Waals surface area contributed by atoms with Gasteiger partial charge in [0.1, 0.15) is 30.4 Å². The van der Waals surface area contributed by atoms with E-state index in [0.717, 1.165) is 4.57 Å². The first-order chi connectivity index (χ1) is 16.1. The van der Waals surface area contributed by atoms with E-state index in [1.54, 1.807) is 18.2 Å². The maximum Gasteiger partial charge on any atom is 0.469 e. The van der Waals surface area contributed by atoms with Gasteiger partial charge >= 0.3 is 19.5 Å². The number of rotatable bonds is 8. The monoisotopic (exact) mass is 499 g/mol. The lowest BCUT2D eigenvalue weighted by Crippen LogP contribution is -2.79. The zero-order chi connectivity index (χ0) is 24.5. The standard InChI is InChI=1S/C18H23N6O9P/c19-17(20)21-4-5-30-10-2-1-3-11-15(10)22-16-12(32-11)7-24(18(26)23-16)14-6-9(25)13(33-14)8-31-34(27,28)29/h1-3,7,9,13-14,25H,4-6,8H2,(H4,19,20,21)(H,22,23,26)(H2,27,28,29)/p+1. The third kappa shape index (κ3) is 5.47. The van der Waals surface area contributed by atoms with Gasteiger partial charge in [0.15, 0.2) is 17.3 Å². The summed E-state index contributed by atoms with van der Waals surface area (Å²) in [6, 6.07) is 5.14. The van der Waals surface area contributed by atoms with Gasteiger partial charge in [-0.25, -0.2) is 9.36 Å². The number of hydrogen-bond acceptors (Lipinski definition) is 9.